The second kappa shape index (κ2) is 12.5. The molecule has 3 heterocycles. The number of benzene rings is 8. The number of nitrogens with zero attached hydrogens (tertiary/aromatic N) is 2. The van der Waals surface area contributed by atoms with Crippen LogP contribution in [0.1, 0.15) is 0 Å². The highest BCUT2D eigenvalue weighted by molar-refractivity contribution is 7.26. The van der Waals surface area contributed by atoms with Crippen molar-refractivity contribution in [1.29, 1.82) is 0 Å². The lowest BCUT2D eigenvalue weighted by atomic mass is 10.1. The number of hydrogen-bond donors (Lipinski definition) is 0. The Labute approximate surface area is 324 Å². The lowest BCUT2D eigenvalue weighted by Crippen LogP contribution is -2.10. The topological polar surface area (TPSA) is 19.6 Å². The van der Waals surface area contributed by atoms with Gasteiger partial charge in [-0.2, -0.15) is 0 Å². The van der Waals surface area contributed by atoms with Crippen LogP contribution in [0, 0.1) is 0 Å². The van der Waals surface area contributed by atoms with Crippen molar-refractivity contribution in [2.45, 2.75) is 0 Å². The van der Waals surface area contributed by atoms with Gasteiger partial charge in [-0.15, -0.1) is 22.7 Å². The molecule has 3 nitrogen and oxygen atoms in total. The molecule has 54 heavy (non-hydrogen) atoms. The molecule has 0 bridgehead atoms. The minimum atomic E-state index is 0.747. The molecular formula is C48H29ClN2OS2. The van der Waals surface area contributed by atoms with Crippen molar-refractivity contribution in [1.82, 2.24) is 0 Å². The molecular weight excluding hydrogens is 720 g/mol. The summed E-state index contributed by atoms with van der Waals surface area (Å²) in [7, 11) is 0. The molecule has 11 rings (SSSR count). The van der Waals surface area contributed by atoms with Crippen LogP contribution < -0.4 is 9.80 Å². The van der Waals surface area contributed by atoms with E-state index in [0.29, 0.717) is 0 Å². The smallest absolute Gasteiger partial charge is 0.135 e. The van der Waals surface area contributed by atoms with Crippen LogP contribution in [0.3, 0.4) is 0 Å². The Bertz CT molecular complexity index is 3160. The van der Waals surface area contributed by atoms with E-state index in [1.165, 1.54) is 30.3 Å². The number of halogens is 1. The summed E-state index contributed by atoms with van der Waals surface area (Å²) in [6.07, 6.45) is 0. The first kappa shape index (κ1) is 31.4. The zero-order valence-electron chi connectivity index (χ0n) is 28.7. The Morgan fingerprint density at radius 3 is 1.54 bits per heavy atom. The second-order valence-corrected chi connectivity index (χ2v) is 16.0. The summed E-state index contributed by atoms with van der Waals surface area (Å²) < 4.78 is 11.1. The number of rotatable bonds is 6. The zero-order valence-corrected chi connectivity index (χ0v) is 31.1. The van der Waals surface area contributed by atoms with E-state index in [9.17, 15) is 0 Å². The predicted octanol–water partition coefficient (Wildman–Crippen LogP) is 15.9. The summed E-state index contributed by atoms with van der Waals surface area (Å²) >= 11 is 10.7. The fourth-order valence-corrected chi connectivity index (χ4v) is 10.3. The highest BCUT2D eigenvalue weighted by Crippen LogP contribution is 2.47. The molecule has 0 saturated carbocycles. The Balaban J connectivity index is 1.13. The van der Waals surface area contributed by atoms with E-state index in [0.717, 1.165) is 71.2 Å². The van der Waals surface area contributed by atoms with Crippen molar-refractivity contribution < 1.29 is 4.42 Å². The van der Waals surface area contributed by atoms with E-state index in [1.54, 1.807) is 11.3 Å². The predicted molar refractivity (Wildman–Crippen MR) is 234 cm³/mol. The molecule has 0 radical (unpaired) electrons. The third kappa shape index (κ3) is 5.08. The SMILES string of the molecule is Clc1cc(N(c2ccc3oc4ccccc4c3c2)c2ccc3sc4ccc(N(c5ccccc5)c5ccccc5)cc4c3c2)cc2c1sc1ccccc12. The van der Waals surface area contributed by atoms with Crippen LogP contribution in [0.4, 0.5) is 34.1 Å². The van der Waals surface area contributed by atoms with E-state index < -0.39 is 0 Å². The molecule has 0 spiro atoms. The second-order valence-electron chi connectivity index (χ2n) is 13.5. The first-order valence-corrected chi connectivity index (χ1v) is 19.9. The third-order valence-electron chi connectivity index (χ3n) is 10.3. The molecule has 11 aromatic rings. The molecule has 0 aliphatic carbocycles. The molecule has 0 atom stereocenters. The van der Waals surface area contributed by atoms with E-state index in [4.69, 9.17) is 16.0 Å². The number of thiophene rings is 2. The molecule has 0 N–H and O–H groups in total. The number of para-hydroxylation sites is 3. The van der Waals surface area contributed by atoms with Crippen molar-refractivity contribution in [3.8, 4) is 0 Å². The van der Waals surface area contributed by atoms with Gasteiger partial charge in [0.2, 0.25) is 0 Å². The van der Waals surface area contributed by atoms with E-state index in [-0.39, 0.29) is 0 Å². The quantitative estimate of drug-likeness (QED) is 0.169. The Hall–Kier alpha value is -6.11. The largest absolute Gasteiger partial charge is 0.456 e. The van der Waals surface area contributed by atoms with Crippen molar-refractivity contribution in [3.05, 3.63) is 181 Å². The van der Waals surface area contributed by atoms with E-state index in [2.05, 4.69) is 174 Å². The van der Waals surface area contributed by atoms with Gasteiger partial charge in [0.1, 0.15) is 11.2 Å². The van der Waals surface area contributed by atoms with Crippen molar-refractivity contribution in [3.63, 3.8) is 0 Å². The van der Waals surface area contributed by atoms with Crippen LogP contribution in [0.5, 0.6) is 0 Å². The molecule has 0 unspecified atom stereocenters. The first-order chi connectivity index (χ1) is 26.7. The summed E-state index contributed by atoms with van der Waals surface area (Å²) in [5.41, 5.74) is 8.18. The standard InChI is InChI=1S/C48H29ClN2OS2/c49-42-29-35(28-41-37-16-8-10-18-45(37)54-48(41)42)51(32-19-22-44-38(25-32)36-15-7-9-17-43(36)52-44)34-21-24-47-40(27-34)39-26-33(20-23-46(39)53-47)50(30-11-3-1-4-12-30)31-13-5-2-6-14-31/h1-29H. The van der Waals surface area contributed by atoms with Crippen LogP contribution in [0.25, 0.3) is 62.3 Å². The van der Waals surface area contributed by atoms with E-state index in [1.807, 2.05) is 23.5 Å². The highest BCUT2D eigenvalue weighted by atomic mass is 35.5. The molecule has 0 fully saturated rings. The fraction of sp³-hybridized carbons (Fsp3) is 0. The number of furan rings is 1. The lowest BCUT2D eigenvalue weighted by molar-refractivity contribution is 0.669. The highest BCUT2D eigenvalue weighted by Gasteiger charge is 2.21. The van der Waals surface area contributed by atoms with Crippen LogP contribution in [-0.2, 0) is 0 Å². The molecule has 0 amide bonds. The van der Waals surface area contributed by atoms with Crippen molar-refractivity contribution >= 4 is 131 Å². The van der Waals surface area contributed by atoms with Gasteiger partial charge in [-0.1, -0.05) is 84.4 Å². The normalized spacial score (nSPS) is 11.8. The van der Waals surface area contributed by atoms with Gasteiger partial charge in [0.25, 0.3) is 0 Å². The minimum Gasteiger partial charge on any atom is -0.456 e. The summed E-state index contributed by atoms with van der Waals surface area (Å²) in [4.78, 5) is 4.66. The molecule has 3 aromatic heterocycles. The van der Waals surface area contributed by atoms with E-state index >= 15 is 0 Å². The Morgan fingerprint density at radius 2 is 0.852 bits per heavy atom. The summed E-state index contributed by atoms with van der Waals surface area (Å²) in [6.45, 7) is 0. The maximum atomic E-state index is 7.18. The lowest BCUT2D eigenvalue weighted by Gasteiger charge is -2.26. The fourth-order valence-electron chi connectivity index (χ4n) is 7.83. The third-order valence-corrected chi connectivity index (χ3v) is 13.1. The molecule has 0 aliphatic rings. The van der Waals surface area contributed by atoms with Gasteiger partial charge in [0.15, 0.2) is 0 Å². The van der Waals surface area contributed by atoms with Gasteiger partial charge in [0, 0.05) is 80.5 Å². The average Bonchev–Trinajstić information content (AvgIpc) is 3.90. The number of hydrogen-bond acceptors (Lipinski definition) is 5. The number of fused-ring (bicyclic) bond motifs is 9. The average molecular weight is 749 g/mol. The van der Waals surface area contributed by atoms with Gasteiger partial charge in [0.05, 0.1) is 9.72 Å². The summed E-state index contributed by atoms with van der Waals surface area (Å²) in [5.74, 6) is 0. The number of anilines is 6. The van der Waals surface area contributed by atoms with Crippen LogP contribution in [-0.4, -0.2) is 0 Å². The molecule has 6 heteroatoms. The summed E-state index contributed by atoms with van der Waals surface area (Å²) in [5, 5.41) is 7.73. The Morgan fingerprint density at radius 1 is 0.352 bits per heavy atom. The van der Waals surface area contributed by atoms with Gasteiger partial charge in [-0.05, 0) is 103 Å². The molecule has 0 aliphatic heterocycles. The Kier molecular flexibility index (Phi) is 7.27. The van der Waals surface area contributed by atoms with Gasteiger partial charge in [-0.25, -0.2) is 0 Å². The molecule has 0 saturated heterocycles. The maximum absolute atomic E-state index is 7.18. The molecule has 256 valence electrons. The van der Waals surface area contributed by atoms with Crippen LogP contribution >= 0.6 is 34.3 Å². The van der Waals surface area contributed by atoms with Crippen LogP contribution in [0.2, 0.25) is 5.02 Å². The zero-order chi connectivity index (χ0) is 35.8. The van der Waals surface area contributed by atoms with Crippen molar-refractivity contribution in [2.24, 2.45) is 0 Å². The molecule has 8 aromatic carbocycles. The van der Waals surface area contributed by atoms with Crippen molar-refractivity contribution in [2.75, 3.05) is 9.80 Å². The monoisotopic (exact) mass is 748 g/mol. The first-order valence-electron chi connectivity index (χ1n) is 17.9. The minimum absolute atomic E-state index is 0.747. The van der Waals surface area contributed by atoms with Gasteiger partial charge >= 0.3 is 0 Å². The van der Waals surface area contributed by atoms with Crippen LogP contribution in [0.15, 0.2) is 180 Å². The maximum Gasteiger partial charge on any atom is 0.135 e. The van der Waals surface area contributed by atoms with Gasteiger partial charge < -0.3 is 14.2 Å². The summed E-state index contributed by atoms with van der Waals surface area (Å²) in [6, 6.07) is 62.5. The van der Waals surface area contributed by atoms with Gasteiger partial charge in [-0.3, -0.25) is 0 Å².